The zero-order valence-electron chi connectivity index (χ0n) is 18.0. The molecule has 1 aromatic rings. The van der Waals surface area contributed by atoms with Crippen molar-refractivity contribution in [3.05, 3.63) is 52.1 Å². The molecule has 4 rings (SSSR count). The van der Waals surface area contributed by atoms with Gasteiger partial charge in [-0.15, -0.1) is 0 Å². The van der Waals surface area contributed by atoms with Crippen molar-refractivity contribution in [2.24, 2.45) is 5.92 Å². The van der Waals surface area contributed by atoms with E-state index in [9.17, 15) is 14.7 Å². The van der Waals surface area contributed by atoms with Gasteiger partial charge in [0.15, 0.2) is 19.9 Å². The molecule has 29 heavy (non-hydrogen) atoms. The summed E-state index contributed by atoms with van der Waals surface area (Å²) in [5, 5.41) is 10.3. The van der Waals surface area contributed by atoms with E-state index in [2.05, 4.69) is 39.9 Å². The number of phenols is 1. The maximum absolute atomic E-state index is 13.5. The van der Waals surface area contributed by atoms with Crippen LogP contribution in [-0.2, 0) is 4.43 Å². The molecule has 154 valence electrons. The third-order valence-electron chi connectivity index (χ3n) is 7.21. The number of allylic oxidation sites excluding steroid dienone is 2. The lowest BCUT2D eigenvalue weighted by Crippen LogP contribution is -2.48. The Morgan fingerprint density at radius 2 is 1.86 bits per heavy atom. The third kappa shape index (κ3) is 3.15. The molecule has 0 heterocycles. The normalized spacial score (nSPS) is 24.7. The SMILES string of the molecule is CC(C)(C)[Si](C)(C)O[C@@H]1CCCC2=CCC3=C(C(=O)c4cccc(O)c4C3=O)[C@H]21. The first-order valence-electron chi connectivity index (χ1n) is 10.5. The van der Waals surface area contributed by atoms with Gasteiger partial charge in [-0.1, -0.05) is 44.6 Å². The largest absolute Gasteiger partial charge is 0.507 e. The summed E-state index contributed by atoms with van der Waals surface area (Å²) >= 11 is 0. The van der Waals surface area contributed by atoms with Crippen molar-refractivity contribution in [3.63, 3.8) is 0 Å². The van der Waals surface area contributed by atoms with Gasteiger partial charge in [-0.2, -0.15) is 0 Å². The summed E-state index contributed by atoms with van der Waals surface area (Å²) < 4.78 is 6.81. The highest BCUT2D eigenvalue weighted by Crippen LogP contribution is 2.48. The van der Waals surface area contributed by atoms with E-state index < -0.39 is 8.32 Å². The second-order valence-corrected chi connectivity index (χ2v) is 14.8. The quantitative estimate of drug-likeness (QED) is 0.510. The van der Waals surface area contributed by atoms with Gasteiger partial charge in [0.25, 0.3) is 0 Å². The van der Waals surface area contributed by atoms with Crippen LogP contribution in [0.3, 0.4) is 0 Å². The van der Waals surface area contributed by atoms with Crippen molar-refractivity contribution in [3.8, 4) is 5.75 Å². The van der Waals surface area contributed by atoms with E-state index in [1.807, 2.05) is 0 Å². The van der Waals surface area contributed by atoms with Crippen LogP contribution >= 0.6 is 0 Å². The summed E-state index contributed by atoms with van der Waals surface area (Å²) in [4.78, 5) is 26.7. The maximum Gasteiger partial charge on any atom is 0.194 e. The fourth-order valence-corrected chi connectivity index (χ4v) is 6.00. The molecule has 4 nitrogen and oxygen atoms in total. The molecule has 1 aromatic carbocycles. The molecule has 1 saturated carbocycles. The van der Waals surface area contributed by atoms with E-state index in [-0.39, 0.29) is 39.9 Å². The molecule has 1 fully saturated rings. The lowest BCUT2D eigenvalue weighted by atomic mass is 9.67. The second-order valence-electron chi connectivity index (χ2n) is 10.0. The van der Waals surface area contributed by atoms with Gasteiger partial charge in [-0.25, -0.2) is 0 Å². The highest BCUT2D eigenvalue weighted by atomic mass is 28.4. The molecule has 0 aliphatic heterocycles. The van der Waals surface area contributed by atoms with Gasteiger partial charge < -0.3 is 9.53 Å². The maximum atomic E-state index is 13.5. The van der Waals surface area contributed by atoms with Crippen molar-refractivity contribution >= 4 is 19.9 Å². The molecule has 0 radical (unpaired) electrons. The van der Waals surface area contributed by atoms with Crippen LogP contribution in [0.4, 0.5) is 0 Å². The Morgan fingerprint density at radius 1 is 1.14 bits per heavy atom. The van der Waals surface area contributed by atoms with Crippen molar-refractivity contribution in [2.75, 3.05) is 0 Å². The summed E-state index contributed by atoms with van der Waals surface area (Å²) in [5.41, 5.74) is 2.89. The number of carbonyl (C=O) groups excluding carboxylic acids is 2. The fraction of sp³-hybridized carbons (Fsp3) is 0.500. The summed E-state index contributed by atoms with van der Waals surface area (Å²) in [6, 6.07) is 4.77. The zero-order valence-corrected chi connectivity index (χ0v) is 19.0. The Hall–Kier alpha value is -1.98. The first kappa shape index (κ1) is 20.3. The number of hydrogen-bond acceptors (Lipinski definition) is 4. The van der Waals surface area contributed by atoms with Crippen LogP contribution in [0.5, 0.6) is 5.75 Å². The average molecular weight is 411 g/mol. The predicted molar refractivity (Wildman–Crippen MR) is 116 cm³/mol. The summed E-state index contributed by atoms with van der Waals surface area (Å²) in [6.07, 6.45) is 5.42. The number of fused-ring (bicyclic) bond motifs is 3. The van der Waals surface area contributed by atoms with Crippen molar-refractivity contribution in [1.82, 2.24) is 0 Å². The van der Waals surface area contributed by atoms with Crippen molar-refractivity contribution in [2.45, 2.75) is 70.7 Å². The van der Waals surface area contributed by atoms with Gasteiger partial charge in [0.05, 0.1) is 11.7 Å². The molecule has 2 atom stereocenters. The first-order chi connectivity index (χ1) is 13.5. The molecule has 0 unspecified atom stereocenters. The Labute approximate surface area is 173 Å². The lowest BCUT2D eigenvalue weighted by molar-refractivity contribution is 0.0893. The van der Waals surface area contributed by atoms with Gasteiger partial charge >= 0.3 is 0 Å². The van der Waals surface area contributed by atoms with Crippen LogP contribution in [0, 0.1) is 5.92 Å². The first-order valence-corrected chi connectivity index (χ1v) is 13.4. The summed E-state index contributed by atoms with van der Waals surface area (Å²) in [5.74, 6) is -0.583. The van der Waals surface area contributed by atoms with E-state index in [1.54, 1.807) is 12.1 Å². The topological polar surface area (TPSA) is 63.6 Å². The van der Waals surface area contributed by atoms with E-state index >= 15 is 0 Å². The van der Waals surface area contributed by atoms with E-state index in [4.69, 9.17) is 4.43 Å². The van der Waals surface area contributed by atoms with Crippen LogP contribution in [0.25, 0.3) is 0 Å². The Morgan fingerprint density at radius 3 is 2.55 bits per heavy atom. The molecule has 1 N–H and O–H groups in total. The number of phenolic OH excluding ortho intramolecular Hbond substituents is 1. The monoisotopic (exact) mass is 410 g/mol. The Kier molecular flexibility index (Phi) is 4.74. The molecular weight excluding hydrogens is 380 g/mol. The number of aromatic hydroxyl groups is 1. The highest BCUT2D eigenvalue weighted by Gasteiger charge is 2.47. The molecular formula is C24H30O4Si. The standard InChI is InChI=1S/C24H30O4Si/c1-24(2,3)29(4,5)28-18-11-6-8-14-12-13-16-21(19(14)18)23(27)15-9-7-10-17(25)20(15)22(16)26/h7,9-10,12,18-19,25H,6,8,11,13H2,1-5H3/t18-,19-/m1/s1. The van der Waals surface area contributed by atoms with Gasteiger partial charge in [0.2, 0.25) is 0 Å². The Balaban J connectivity index is 1.79. The number of hydrogen-bond donors (Lipinski definition) is 1. The van der Waals surface area contributed by atoms with Crippen molar-refractivity contribution < 1.29 is 19.1 Å². The van der Waals surface area contributed by atoms with Crippen LogP contribution in [0.15, 0.2) is 41.0 Å². The molecule has 3 aliphatic carbocycles. The average Bonchev–Trinajstić information content (AvgIpc) is 2.64. The lowest BCUT2D eigenvalue weighted by Gasteiger charge is -2.45. The fourth-order valence-electron chi connectivity index (χ4n) is 4.64. The highest BCUT2D eigenvalue weighted by molar-refractivity contribution is 6.74. The molecule has 3 aliphatic rings. The number of Topliss-reactive ketones (excluding diaryl/α,β-unsaturated/α-hetero) is 2. The summed E-state index contributed by atoms with van der Waals surface area (Å²) in [7, 11) is -2.03. The molecule has 5 heteroatoms. The Bertz CT molecular complexity index is 962. The molecule has 0 spiro atoms. The zero-order chi connectivity index (χ0) is 21.1. The van der Waals surface area contributed by atoms with Crippen LogP contribution in [-0.4, -0.2) is 31.1 Å². The number of benzene rings is 1. The van der Waals surface area contributed by atoms with Gasteiger partial charge in [0, 0.05) is 22.6 Å². The minimum absolute atomic E-state index is 0.0724. The molecule has 0 aromatic heterocycles. The minimum atomic E-state index is -2.03. The predicted octanol–water partition coefficient (Wildman–Crippen LogP) is 5.59. The minimum Gasteiger partial charge on any atom is -0.507 e. The van der Waals surface area contributed by atoms with Crippen molar-refractivity contribution in [1.29, 1.82) is 0 Å². The number of carbonyl (C=O) groups is 2. The number of ketones is 2. The third-order valence-corrected chi connectivity index (χ3v) is 11.7. The molecule has 0 amide bonds. The van der Waals surface area contributed by atoms with Crippen LogP contribution in [0.2, 0.25) is 18.1 Å². The molecule has 0 saturated heterocycles. The molecule has 0 bridgehead atoms. The van der Waals surface area contributed by atoms with Crippen LogP contribution < -0.4 is 0 Å². The van der Waals surface area contributed by atoms with E-state index in [0.717, 1.165) is 19.3 Å². The van der Waals surface area contributed by atoms with Gasteiger partial charge in [-0.3, -0.25) is 9.59 Å². The summed E-state index contributed by atoms with van der Waals surface area (Å²) in [6.45, 7) is 11.1. The van der Waals surface area contributed by atoms with E-state index in [1.165, 1.54) is 11.6 Å². The van der Waals surface area contributed by atoms with Gasteiger partial charge in [-0.05, 0) is 49.9 Å². The van der Waals surface area contributed by atoms with E-state index in [0.29, 0.717) is 23.1 Å². The second kappa shape index (κ2) is 6.78. The van der Waals surface area contributed by atoms with Gasteiger partial charge in [0.1, 0.15) is 5.75 Å². The smallest absolute Gasteiger partial charge is 0.194 e. The van der Waals surface area contributed by atoms with Crippen LogP contribution in [0.1, 0.15) is 67.2 Å². The number of rotatable bonds is 2.